The third kappa shape index (κ3) is 4.03. The van der Waals surface area contributed by atoms with Crippen LogP contribution in [0.15, 0.2) is 29.2 Å². The minimum atomic E-state index is -3.64. The molecule has 0 aliphatic carbocycles. The van der Waals surface area contributed by atoms with Crippen LogP contribution in [-0.4, -0.2) is 34.0 Å². The Morgan fingerprint density at radius 2 is 2.05 bits per heavy atom. The van der Waals surface area contributed by atoms with Gasteiger partial charge in [-0.25, -0.2) is 13.6 Å². The third-order valence-electron chi connectivity index (χ3n) is 3.40. The molecule has 20 heavy (non-hydrogen) atoms. The van der Waals surface area contributed by atoms with Gasteiger partial charge < -0.3 is 10.6 Å². The van der Waals surface area contributed by atoms with E-state index in [0.29, 0.717) is 13.0 Å². The molecule has 2 rings (SSSR count). The molecule has 1 fully saturated rings. The molecule has 0 bridgehead atoms. The molecule has 1 unspecified atom stereocenters. The number of nitrogens with one attached hydrogen (secondary N) is 2. The van der Waals surface area contributed by atoms with Gasteiger partial charge in [-0.2, -0.15) is 0 Å². The molecule has 7 heteroatoms. The van der Waals surface area contributed by atoms with E-state index in [2.05, 4.69) is 10.6 Å². The van der Waals surface area contributed by atoms with Crippen LogP contribution in [0.3, 0.4) is 0 Å². The molecule has 6 nitrogen and oxygen atoms in total. The summed E-state index contributed by atoms with van der Waals surface area (Å²) in [5.41, 5.74) is 0.960. The Kier molecular flexibility index (Phi) is 4.74. The molecule has 1 atom stereocenters. The van der Waals surface area contributed by atoms with E-state index >= 15 is 0 Å². The van der Waals surface area contributed by atoms with E-state index in [1.165, 1.54) is 12.1 Å². The number of nitrogens with two attached hydrogens (primary N) is 1. The van der Waals surface area contributed by atoms with Crippen molar-refractivity contribution in [3.63, 3.8) is 0 Å². The first-order valence-corrected chi connectivity index (χ1v) is 8.11. The van der Waals surface area contributed by atoms with Crippen LogP contribution in [0.2, 0.25) is 0 Å². The molecule has 0 saturated carbocycles. The number of carbonyl (C=O) groups excluding carboxylic acids is 1. The highest BCUT2D eigenvalue weighted by Crippen LogP contribution is 2.10. The lowest BCUT2D eigenvalue weighted by Gasteiger charge is -2.09. The van der Waals surface area contributed by atoms with Gasteiger partial charge in [-0.1, -0.05) is 12.1 Å². The Hall–Kier alpha value is -1.44. The Morgan fingerprint density at radius 3 is 2.60 bits per heavy atom. The van der Waals surface area contributed by atoms with Crippen LogP contribution >= 0.6 is 0 Å². The van der Waals surface area contributed by atoms with Gasteiger partial charge in [0.05, 0.1) is 10.8 Å². The highest BCUT2D eigenvalue weighted by atomic mass is 32.2. The van der Waals surface area contributed by atoms with Crippen LogP contribution in [0.5, 0.6) is 0 Å². The minimum Gasteiger partial charge on any atom is -0.355 e. The van der Waals surface area contributed by atoms with Crippen molar-refractivity contribution in [2.45, 2.75) is 17.7 Å². The molecule has 0 radical (unpaired) electrons. The summed E-state index contributed by atoms with van der Waals surface area (Å²) in [6.07, 6.45) is 1.55. The Balaban J connectivity index is 1.81. The zero-order valence-corrected chi connectivity index (χ0v) is 11.9. The number of carbonyl (C=O) groups is 1. The van der Waals surface area contributed by atoms with Gasteiger partial charge in [-0.3, -0.25) is 4.79 Å². The van der Waals surface area contributed by atoms with Gasteiger partial charge >= 0.3 is 0 Å². The van der Waals surface area contributed by atoms with Crippen LogP contribution in [-0.2, 0) is 21.2 Å². The first kappa shape index (κ1) is 15.0. The minimum absolute atomic E-state index is 0.0692. The predicted octanol–water partition coefficient (Wildman–Crippen LogP) is -0.398. The number of amides is 1. The van der Waals surface area contributed by atoms with Crippen molar-refractivity contribution in [2.24, 2.45) is 11.1 Å². The molecule has 1 aliphatic rings. The summed E-state index contributed by atoms with van der Waals surface area (Å²) >= 11 is 0. The summed E-state index contributed by atoms with van der Waals surface area (Å²) in [5.74, 6) is 0.149. The molecule has 4 N–H and O–H groups in total. The topological polar surface area (TPSA) is 101 Å². The van der Waals surface area contributed by atoms with Crippen molar-refractivity contribution in [3.8, 4) is 0 Å². The summed E-state index contributed by atoms with van der Waals surface area (Å²) < 4.78 is 22.2. The van der Waals surface area contributed by atoms with Crippen molar-refractivity contribution in [1.82, 2.24) is 10.6 Å². The molecule has 1 amide bonds. The van der Waals surface area contributed by atoms with Gasteiger partial charge in [0.15, 0.2) is 0 Å². The fourth-order valence-electron chi connectivity index (χ4n) is 2.20. The van der Waals surface area contributed by atoms with Gasteiger partial charge in [0.1, 0.15) is 0 Å². The lowest BCUT2D eigenvalue weighted by atomic mass is 10.1. The third-order valence-corrected chi connectivity index (χ3v) is 4.33. The molecule has 1 aromatic rings. The van der Waals surface area contributed by atoms with Crippen molar-refractivity contribution in [1.29, 1.82) is 0 Å². The van der Waals surface area contributed by atoms with E-state index in [9.17, 15) is 13.2 Å². The maximum atomic E-state index is 11.8. The van der Waals surface area contributed by atoms with Gasteiger partial charge in [0.25, 0.3) is 0 Å². The summed E-state index contributed by atoms with van der Waals surface area (Å²) in [6, 6.07) is 6.38. The van der Waals surface area contributed by atoms with Gasteiger partial charge in [0.2, 0.25) is 15.9 Å². The summed E-state index contributed by atoms with van der Waals surface area (Å²) in [5, 5.41) is 11.1. The van der Waals surface area contributed by atoms with Gasteiger partial charge in [0, 0.05) is 13.1 Å². The standard InChI is InChI=1S/C13H19N3O3S/c14-20(18,19)12-3-1-10(2-4-12)5-8-16-13(17)11-6-7-15-9-11/h1-4,11,15H,5-9H2,(H,16,17)(H2,14,18,19). The SMILES string of the molecule is NS(=O)(=O)c1ccc(CCNC(=O)C2CCNC2)cc1. The quantitative estimate of drug-likeness (QED) is 0.688. The van der Waals surface area contributed by atoms with Crippen molar-refractivity contribution >= 4 is 15.9 Å². The Morgan fingerprint density at radius 1 is 1.35 bits per heavy atom. The molecule has 1 aromatic carbocycles. The van der Waals surface area contributed by atoms with E-state index in [1.54, 1.807) is 12.1 Å². The van der Waals surface area contributed by atoms with Crippen LogP contribution in [0.4, 0.5) is 0 Å². The summed E-state index contributed by atoms with van der Waals surface area (Å²) in [6.45, 7) is 2.19. The summed E-state index contributed by atoms with van der Waals surface area (Å²) in [7, 11) is -3.64. The number of hydrogen-bond acceptors (Lipinski definition) is 4. The van der Waals surface area contributed by atoms with Crippen molar-refractivity contribution in [3.05, 3.63) is 29.8 Å². The Labute approximate surface area is 118 Å². The average Bonchev–Trinajstić information content (AvgIpc) is 2.92. The summed E-state index contributed by atoms with van der Waals surface area (Å²) in [4.78, 5) is 11.9. The lowest BCUT2D eigenvalue weighted by molar-refractivity contribution is -0.124. The van der Waals surface area contributed by atoms with Gasteiger partial charge in [-0.05, 0) is 37.1 Å². The predicted molar refractivity (Wildman–Crippen MR) is 75.5 cm³/mol. The average molecular weight is 297 g/mol. The van der Waals surface area contributed by atoms with Crippen LogP contribution in [0.25, 0.3) is 0 Å². The molecule has 1 aliphatic heterocycles. The number of benzene rings is 1. The molecule has 110 valence electrons. The number of primary sulfonamides is 1. The fourth-order valence-corrected chi connectivity index (χ4v) is 2.71. The number of rotatable bonds is 5. The number of sulfonamides is 1. The van der Waals surface area contributed by atoms with Crippen LogP contribution in [0, 0.1) is 5.92 Å². The zero-order valence-electron chi connectivity index (χ0n) is 11.1. The smallest absolute Gasteiger partial charge is 0.238 e. The molecular formula is C13H19N3O3S. The normalized spacial score (nSPS) is 18.9. The fraction of sp³-hybridized carbons (Fsp3) is 0.462. The monoisotopic (exact) mass is 297 g/mol. The van der Waals surface area contributed by atoms with Crippen LogP contribution in [0.1, 0.15) is 12.0 Å². The highest BCUT2D eigenvalue weighted by molar-refractivity contribution is 7.89. The maximum Gasteiger partial charge on any atom is 0.238 e. The van der Waals surface area contributed by atoms with E-state index in [1.807, 2.05) is 0 Å². The molecule has 1 heterocycles. The van der Waals surface area contributed by atoms with E-state index in [4.69, 9.17) is 5.14 Å². The highest BCUT2D eigenvalue weighted by Gasteiger charge is 2.21. The first-order chi connectivity index (χ1) is 9.47. The number of hydrogen-bond donors (Lipinski definition) is 3. The zero-order chi connectivity index (χ0) is 14.6. The molecule has 0 aromatic heterocycles. The van der Waals surface area contributed by atoms with Crippen LogP contribution < -0.4 is 15.8 Å². The largest absolute Gasteiger partial charge is 0.355 e. The van der Waals surface area contributed by atoms with Crippen molar-refractivity contribution < 1.29 is 13.2 Å². The maximum absolute atomic E-state index is 11.8. The molecular weight excluding hydrogens is 278 g/mol. The molecule has 0 spiro atoms. The van der Waals surface area contributed by atoms with E-state index < -0.39 is 10.0 Å². The van der Waals surface area contributed by atoms with E-state index in [0.717, 1.165) is 25.1 Å². The second kappa shape index (κ2) is 6.34. The van der Waals surface area contributed by atoms with Gasteiger partial charge in [-0.15, -0.1) is 0 Å². The van der Waals surface area contributed by atoms with E-state index in [-0.39, 0.29) is 16.7 Å². The first-order valence-electron chi connectivity index (χ1n) is 6.57. The van der Waals surface area contributed by atoms with Crippen molar-refractivity contribution in [2.75, 3.05) is 19.6 Å². The molecule has 1 saturated heterocycles. The lowest BCUT2D eigenvalue weighted by Crippen LogP contribution is -2.33. The second-order valence-electron chi connectivity index (χ2n) is 4.92. The second-order valence-corrected chi connectivity index (χ2v) is 6.48. The Bertz CT molecular complexity index is 563.